The van der Waals surface area contributed by atoms with Crippen LogP contribution in [0.25, 0.3) is 0 Å². The Hall–Kier alpha value is -2.05. The standard InChI is InChI=1S/C14H12F4N2O4S2/c1-2-20(26(23,24)10-7-25-12(19-10)13(21)22)11(14(16,17)18)8-3-5-9(15)6-4-8/h3-7,11H,2H2,1H3,(H,21,22). The quantitative estimate of drug-likeness (QED) is 0.736. The normalized spacial score (nSPS) is 13.8. The van der Waals surface area contributed by atoms with E-state index in [2.05, 4.69) is 4.98 Å². The van der Waals surface area contributed by atoms with Gasteiger partial charge in [0.25, 0.3) is 10.0 Å². The van der Waals surface area contributed by atoms with E-state index in [4.69, 9.17) is 5.11 Å². The lowest BCUT2D eigenvalue weighted by molar-refractivity contribution is -0.173. The molecule has 1 aromatic heterocycles. The van der Waals surface area contributed by atoms with Crippen molar-refractivity contribution in [3.63, 3.8) is 0 Å². The van der Waals surface area contributed by atoms with Crippen LogP contribution >= 0.6 is 11.3 Å². The Morgan fingerprint density at radius 1 is 1.31 bits per heavy atom. The van der Waals surface area contributed by atoms with E-state index in [-0.39, 0.29) is 4.31 Å². The van der Waals surface area contributed by atoms with Crippen LogP contribution < -0.4 is 0 Å². The van der Waals surface area contributed by atoms with E-state index in [0.29, 0.717) is 11.3 Å². The van der Waals surface area contributed by atoms with Gasteiger partial charge >= 0.3 is 12.1 Å². The number of aromatic nitrogens is 1. The Kier molecular flexibility index (Phi) is 5.68. The third kappa shape index (κ3) is 4.02. The molecule has 1 aromatic carbocycles. The highest BCUT2D eigenvalue weighted by atomic mass is 32.2. The maximum absolute atomic E-state index is 13.6. The summed E-state index contributed by atoms with van der Waals surface area (Å²) in [6.45, 7) is 0.633. The molecule has 2 aromatic rings. The third-order valence-electron chi connectivity index (χ3n) is 3.33. The third-order valence-corrected chi connectivity index (χ3v) is 6.14. The van der Waals surface area contributed by atoms with Crippen LogP contribution in [0.3, 0.4) is 0 Å². The Bertz CT molecular complexity index is 894. The van der Waals surface area contributed by atoms with Crippen LogP contribution in [0.15, 0.2) is 34.7 Å². The second-order valence-electron chi connectivity index (χ2n) is 5.00. The van der Waals surface area contributed by atoms with Crippen molar-refractivity contribution in [2.45, 2.75) is 24.2 Å². The number of alkyl halides is 3. The SMILES string of the molecule is CCN(C(c1ccc(F)cc1)C(F)(F)F)S(=O)(=O)c1csc(C(=O)O)n1. The molecule has 0 bridgehead atoms. The molecule has 0 radical (unpaired) electrons. The average Bonchev–Trinajstić information content (AvgIpc) is 3.03. The number of carboxylic acids is 1. The predicted molar refractivity (Wildman–Crippen MR) is 83.8 cm³/mol. The first-order chi connectivity index (χ1) is 12.0. The van der Waals surface area contributed by atoms with Gasteiger partial charge in [0.2, 0.25) is 5.01 Å². The summed E-state index contributed by atoms with van der Waals surface area (Å²) < 4.78 is 79.3. The summed E-state index contributed by atoms with van der Waals surface area (Å²) in [7, 11) is -4.75. The number of thiazole rings is 1. The first-order valence-corrected chi connectivity index (χ1v) is 9.33. The zero-order valence-corrected chi connectivity index (χ0v) is 14.7. The van der Waals surface area contributed by atoms with Gasteiger partial charge in [0.1, 0.15) is 11.9 Å². The van der Waals surface area contributed by atoms with Crippen molar-refractivity contribution in [1.29, 1.82) is 0 Å². The molecular formula is C14H12F4N2O4S2. The van der Waals surface area contributed by atoms with Gasteiger partial charge in [0.15, 0.2) is 5.03 Å². The first-order valence-electron chi connectivity index (χ1n) is 7.01. The zero-order chi connectivity index (χ0) is 19.7. The van der Waals surface area contributed by atoms with Gasteiger partial charge in [-0.15, -0.1) is 11.3 Å². The number of sulfonamides is 1. The highest BCUT2D eigenvalue weighted by Crippen LogP contribution is 2.40. The summed E-state index contributed by atoms with van der Waals surface area (Å²) in [6, 6.07) is 0.693. The minimum absolute atomic E-state index is 0.154. The van der Waals surface area contributed by atoms with Gasteiger partial charge in [-0.05, 0) is 17.7 Å². The molecule has 0 aliphatic heterocycles. The summed E-state index contributed by atoms with van der Waals surface area (Å²) in [5, 5.41) is 8.33. The predicted octanol–water partition coefficient (Wildman–Crippen LogP) is 3.29. The number of carboxylic acid groups (broad SMARTS) is 1. The van der Waals surface area contributed by atoms with Gasteiger partial charge in [-0.1, -0.05) is 19.1 Å². The van der Waals surface area contributed by atoms with E-state index in [1.165, 1.54) is 6.92 Å². The lowest BCUT2D eigenvalue weighted by Gasteiger charge is -2.31. The van der Waals surface area contributed by atoms with E-state index < -0.39 is 56.2 Å². The van der Waals surface area contributed by atoms with Crippen LogP contribution in [-0.4, -0.2) is 41.5 Å². The molecular weight excluding hydrogens is 400 g/mol. The first kappa shape index (κ1) is 20.3. The lowest BCUT2D eigenvalue weighted by Crippen LogP contribution is -2.42. The summed E-state index contributed by atoms with van der Waals surface area (Å²) >= 11 is 0.482. The number of hydrogen-bond donors (Lipinski definition) is 1. The van der Waals surface area contributed by atoms with Gasteiger partial charge in [0, 0.05) is 11.9 Å². The summed E-state index contributed by atoms with van der Waals surface area (Å²) in [4.78, 5) is 14.2. The van der Waals surface area contributed by atoms with Crippen LogP contribution in [0.2, 0.25) is 0 Å². The van der Waals surface area contributed by atoms with Gasteiger partial charge in [-0.3, -0.25) is 0 Å². The number of rotatable bonds is 6. The van der Waals surface area contributed by atoms with E-state index in [1.807, 2.05) is 0 Å². The molecule has 26 heavy (non-hydrogen) atoms. The van der Waals surface area contributed by atoms with Crippen molar-refractivity contribution < 1.29 is 35.9 Å². The van der Waals surface area contributed by atoms with Crippen molar-refractivity contribution in [2.75, 3.05) is 6.54 Å². The van der Waals surface area contributed by atoms with Crippen molar-refractivity contribution in [1.82, 2.24) is 9.29 Å². The number of benzene rings is 1. The Balaban J connectivity index is 2.56. The molecule has 1 N–H and O–H groups in total. The molecule has 1 unspecified atom stereocenters. The molecule has 1 atom stereocenters. The van der Waals surface area contributed by atoms with Gasteiger partial charge < -0.3 is 5.11 Å². The Labute approximate surface area is 149 Å². The topological polar surface area (TPSA) is 87.6 Å². The van der Waals surface area contributed by atoms with E-state index in [9.17, 15) is 30.8 Å². The molecule has 0 amide bonds. The maximum Gasteiger partial charge on any atom is 0.409 e. The molecule has 0 saturated carbocycles. The molecule has 6 nitrogen and oxygen atoms in total. The number of nitrogens with zero attached hydrogens (tertiary/aromatic N) is 2. The van der Waals surface area contributed by atoms with Crippen LogP contribution in [0, 0.1) is 5.82 Å². The number of aromatic carboxylic acids is 1. The summed E-state index contributed by atoms with van der Waals surface area (Å²) in [5.74, 6) is -2.27. The summed E-state index contributed by atoms with van der Waals surface area (Å²) in [5.41, 5.74) is -0.474. The molecule has 0 saturated heterocycles. The molecule has 2 rings (SSSR count). The largest absolute Gasteiger partial charge is 0.476 e. The second-order valence-corrected chi connectivity index (χ2v) is 7.70. The molecule has 0 aliphatic rings. The number of halogens is 4. The molecule has 1 heterocycles. The van der Waals surface area contributed by atoms with Crippen LogP contribution in [0.4, 0.5) is 17.6 Å². The fraction of sp³-hybridized carbons (Fsp3) is 0.286. The van der Waals surface area contributed by atoms with Crippen LogP contribution in [-0.2, 0) is 10.0 Å². The van der Waals surface area contributed by atoms with Gasteiger partial charge in [-0.25, -0.2) is 22.6 Å². The molecule has 0 fully saturated rings. The molecule has 142 valence electrons. The van der Waals surface area contributed by atoms with E-state index in [0.717, 1.165) is 29.6 Å². The second kappa shape index (κ2) is 7.29. The smallest absolute Gasteiger partial charge is 0.409 e. The van der Waals surface area contributed by atoms with Crippen LogP contribution in [0.5, 0.6) is 0 Å². The lowest BCUT2D eigenvalue weighted by atomic mass is 10.1. The molecule has 0 aliphatic carbocycles. The number of hydrogen-bond acceptors (Lipinski definition) is 5. The van der Waals surface area contributed by atoms with Crippen molar-refractivity contribution in [2.24, 2.45) is 0 Å². The van der Waals surface area contributed by atoms with Gasteiger partial charge in [-0.2, -0.15) is 17.5 Å². The Morgan fingerprint density at radius 2 is 1.88 bits per heavy atom. The Morgan fingerprint density at radius 3 is 2.31 bits per heavy atom. The van der Waals surface area contributed by atoms with Gasteiger partial charge in [0.05, 0.1) is 0 Å². The van der Waals surface area contributed by atoms with Crippen molar-refractivity contribution in [3.8, 4) is 0 Å². The molecule has 0 spiro atoms. The summed E-state index contributed by atoms with van der Waals surface area (Å²) in [6.07, 6.45) is -4.99. The average molecular weight is 412 g/mol. The van der Waals surface area contributed by atoms with E-state index >= 15 is 0 Å². The van der Waals surface area contributed by atoms with Crippen LogP contribution in [0.1, 0.15) is 28.3 Å². The van der Waals surface area contributed by atoms with Crippen molar-refractivity contribution >= 4 is 27.3 Å². The fourth-order valence-corrected chi connectivity index (χ4v) is 4.76. The minimum atomic E-state index is -4.99. The minimum Gasteiger partial charge on any atom is -0.476 e. The van der Waals surface area contributed by atoms with E-state index in [1.54, 1.807) is 0 Å². The number of carbonyl (C=O) groups is 1. The monoisotopic (exact) mass is 412 g/mol. The highest BCUT2D eigenvalue weighted by Gasteiger charge is 2.49. The zero-order valence-electron chi connectivity index (χ0n) is 13.1. The maximum atomic E-state index is 13.6. The highest BCUT2D eigenvalue weighted by molar-refractivity contribution is 7.89. The molecule has 12 heteroatoms. The van der Waals surface area contributed by atoms with Crippen molar-refractivity contribution in [3.05, 3.63) is 46.0 Å². The fourth-order valence-electron chi connectivity index (χ4n) is 2.25.